The number of fused-ring (bicyclic) bond motifs is 1. The summed E-state index contributed by atoms with van der Waals surface area (Å²) >= 11 is 1.66. The summed E-state index contributed by atoms with van der Waals surface area (Å²) in [5, 5.41) is 11.5. The molecule has 1 aliphatic heterocycles. The minimum absolute atomic E-state index is 0.0130. The first-order valence-electron chi connectivity index (χ1n) is 8.09. The van der Waals surface area contributed by atoms with Crippen LogP contribution in [0.2, 0.25) is 0 Å². The van der Waals surface area contributed by atoms with Crippen LogP contribution in [-0.4, -0.2) is 36.8 Å². The molecule has 0 aromatic heterocycles. The van der Waals surface area contributed by atoms with Crippen molar-refractivity contribution in [1.82, 2.24) is 0 Å². The molecule has 0 spiro atoms. The third-order valence-corrected chi connectivity index (χ3v) is 5.03. The fourth-order valence-electron chi connectivity index (χ4n) is 2.83. The number of hydrogen-bond donors (Lipinski definition) is 0. The van der Waals surface area contributed by atoms with Gasteiger partial charge in [-0.15, -0.1) is 11.8 Å². The van der Waals surface area contributed by atoms with Crippen molar-refractivity contribution >= 4 is 29.0 Å². The number of carbonyl (C=O) groups excluding carboxylic acids is 1. The molecule has 8 heteroatoms. The second-order valence-electron chi connectivity index (χ2n) is 5.48. The van der Waals surface area contributed by atoms with E-state index in [-0.39, 0.29) is 17.0 Å². The number of methoxy groups -OCH3 is 1. The van der Waals surface area contributed by atoms with Gasteiger partial charge in [-0.1, -0.05) is 12.1 Å². The molecule has 1 heterocycles. The standard InChI is InChI=1S/C18H18N2O5S/c1-3-25-16-10-12(14(20(22)23)11-15(16)24-2)18(21)19-8-9-26-17-7-5-4-6-13(17)19/h4-7,10-11H,3,8-9H2,1-2H3. The molecule has 2 aromatic rings. The lowest BCUT2D eigenvalue weighted by atomic mass is 10.1. The molecule has 0 saturated carbocycles. The van der Waals surface area contributed by atoms with Gasteiger partial charge in [-0.25, -0.2) is 0 Å². The Balaban J connectivity index is 2.09. The minimum Gasteiger partial charge on any atom is -0.493 e. The van der Waals surface area contributed by atoms with E-state index in [1.807, 2.05) is 24.3 Å². The molecule has 0 aliphatic carbocycles. The third-order valence-electron chi connectivity index (χ3n) is 3.98. The van der Waals surface area contributed by atoms with Gasteiger partial charge in [0.15, 0.2) is 11.5 Å². The Morgan fingerprint density at radius 3 is 2.77 bits per heavy atom. The Morgan fingerprint density at radius 1 is 1.31 bits per heavy atom. The second-order valence-corrected chi connectivity index (χ2v) is 6.62. The number of nitro groups is 1. The van der Waals surface area contributed by atoms with Crippen LogP contribution in [0, 0.1) is 10.1 Å². The van der Waals surface area contributed by atoms with Crippen LogP contribution in [0.5, 0.6) is 11.5 Å². The molecular weight excluding hydrogens is 356 g/mol. The van der Waals surface area contributed by atoms with E-state index in [0.29, 0.717) is 18.9 Å². The number of nitrogens with zero attached hydrogens (tertiary/aromatic N) is 2. The highest BCUT2D eigenvalue weighted by Crippen LogP contribution is 2.39. The first-order valence-corrected chi connectivity index (χ1v) is 9.08. The van der Waals surface area contributed by atoms with E-state index in [9.17, 15) is 14.9 Å². The normalized spacial score (nSPS) is 13.1. The molecule has 0 N–H and O–H groups in total. The molecule has 0 unspecified atom stereocenters. The minimum atomic E-state index is -0.573. The third kappa shape index (κ3) is 3.32. The van der Waals surface area contributed by atoms with Crippen molar-refractivity contribution in [3.8, 4) is 11.5 Å². The lowest BCUT2D eigenvalue weighted by Gasteiger charge is -2.29. The maximum absolute atomic E-state index is 13.2. The highest BCUT2D eigenvalue weighted by Gasteiger charge is 2.31. The van der Waals surface area contributed by atoms with E-state index in [1.54, 1.807) is 23.6 Å². The number of nitro benzene ring substituents is 1. The monoisotopic (exact) mass is 374 g/mol. The predicted octanol–water partition coefficient (Wildman–Crippen LogP) is 3.75. The zero-order valence-corrected chi connectivity index (χ0v) is 15.2. The Labute approximate surface area is 155 Å². The number of rotatable bonds is 5. The first-order chi connectivity index (χ1) is 12.6. The van der Waals surface area contributed by atoms with Crippen LogP contribution in [-0.2, 0) is 0 Å². The van der Waals surface area contributed by atoms with Crippen molar-refractivity contribution < 1.29 is 19.2 Å². The number of carbonyl (C=O) groups is 1. The van der Waals surface area contributed by atoms with Gasteiger partial charge in [0.2, 0.25) is 0 Å². The van der Waals surface area contributed by atoms with Crippen molar-refractivity contribution in [3.63, 3.8) is 0 Å². The Morgan fingerprint density at radius 2 is 2.08 bits per heavy atom. The van der Waals surface area contributed by atoms with Crippen molar-refractivity contribution in [3.05, 3.63) is 52.1 Å². The summed E-state index contributed by atoms with van der Waals surface area (Å²) in [6, 6.07) is 10.2. The molecule has 0 radical (unpaired) electrons. The van der Waals surface area contributed by atoms with Gasteiger partial charge in [0, 0.05) is 23.3 Å². The molecular formula is C18H18N2O5S. The number of thioether (sulfide) groups is 1. The fraction of sp³-hybridized carbons (Fsp3) is 0.278. The molecule has 0 bridgehead atoms. The highest BCUT2D eigenvalue weighted by molar-refractivity contribution is 7.99. The average Bonchev–Trinajstić information content (AvgIpc) is 2.66. The SMILES string of the molecule is CCOc1cc(C(=O)N2CCSc3ccccc32)c([N+](=O)[O-])cc1OC. The summed E-state index contributed by atoms with van der Waals surface area (Å²) in [5.41, 5.74) is 0.448. The highest BCUT2D eigenvalue weighted by atomic mass is 32.2. The largest absolute Gasteiger partial charge is 0.493 e. The molecule has 0 atom stereocenters. The predicted molar refractivity (Wildman–Crippen MR) is 99.7 cm³/mol. The molecule has 0 fully saturated rings. The van der Waals surface area contributed by atoms with Crippen molar-refractivity contribution in [2.24, 2.45) is 0 Å². The topological polar surface area (TPSA) is 81.9 Å². The average molecular weight is 374 g/mol. The van der Waals surface area contributed by atoms with Gasteiger partial charge >= 0.3 is 0 Å². The van der Waals surface area contributed by atoms with E-state index in [4.69, 9.17) is 9.47 Å². The molecule has 2 aromatic carbocycles. The van der Waals surface area contributed by atoms with Crippen LogP contribution in [0.15, 0.2) is 41.3 Å². The first kappa shape index (κ1) is 18.1. The number of benzene rings is 2. The molecule has 1 aliphatic rings. The van der Waals surface area contributed by atoms with E-state index in [2.05, 4.69) is 0 Å². The van der Waals surface area contributed by atoms with Gasteiger partial charge < -0.3 is 14.4 Å². The summed E-state index contributed by atoms with van der Waals surface area (Å²) in [5.74, 6) is 0.840. The Bertz CT molecular complexity index is 855. The van der Waals surface area contributed by atoms with E-state index < -0.39 is 10.8 Å². The zero-order chi connectivity index (χ0) is 18.7. The van der Waals surface area contributed by atoms with Crippen LogP contribution in [0.25, 0.3) is 0 Å². The van der Waals surface area contributed by atoms with Gasteiger partial charge in [0.05, 0.1) is 30.4 Å². The molecule has 7 nitrogen and oxygen atoms in total. The summed E-state index contributed by atoms with van der Waals surface area (Å²) in [4.78, 5) is 26.7. The number of hydrogen-bond acceptors (Lipinski definition) is 6. The quantitative estimate of drug-likeness (QED) is 0.585. The van der Waals surface area contributed by atoms with Crippen LogP contribution in [0.1, 0.15) is 17.3 Å². The fourth-order valence-corrected chi connectivity index (χ4v) is 3.82. The number of para-hydroxylation sites is 1. The number of anilines is 1. The van der Waals surface area contributed by atoms with Crippen molar-refractivity contribution in [2.75, 3.05) is 30.9 Å². The van der Waals surface area contributed by atoms with E-state index in [1.165, 1.54) is 19.2 Å². The smallest absolute Gasteiger partial charge is 0.286 e. The van der Waals surface area contributed by atoms with E-state index >= 15 is 0 Å². The van der Waals surface area contributed by atoms with Crippen LogP contribution < -0.4 is 14.4 Å². The van der Waals surface area contributed by atoms with Crippen LogP contribution in [0.4, 0.5) is 11.4 Å². The summed E-state index contributed by atoms with van der Waals surface area (Å²) in [6.07, 6.45) is 0. The molecule has 26 heavy (non-hydrogen) atoms. The van der Waals surface area contributed by atoms with Crippen molar-refractivity contribution in [2.45, 2.75) is 11.8 Å². The van der Waals surface area contributed by atoms with Gasteiger partial charge in [-0.05, 0) is 19.1 Å². The summed E-state index contributed by atoms with van der Waals surface area (Å²) < 4.78 is 10.7. The summed E-state index contributed by atoms with van der Waals surface area (Å²) in [6.45, 7) is 2.62. The lowest BCUT2D eigenvalue weighted by molar-refractivity contribution is -0.385. The van der Waals surface area contributed by atoms with Crippen molar-refractivity contribution in [1.29, 1.82) is 0 Å². The second kappa shape index (κ2) is 7.65. The van der Waals surface area contributed by atoms with Gasteiger partial charge in [-0.3, -0.25) is 14.9 Å². The Kier molecular flexibility index (Phi) is 5.32. The summed E-state index contributed by atoms with van der Waals surface area (Å²) in [7, 11) is 1.40. The Hall–Kier alpha value is -2.74. The molecule has 136 valence electrons. The molecule has 3 rings (SSSR count). The maximum atomic E-state index is 13.2. The molecule has 1 amide bonds. The van der Waals surface area contributed by atoms with Crippen LogP contribution in [0.3, 0.4) is 0 Å². The number of amides is 1. The van der Waals surface area contributed by atoms with E-state index in [0.717, 1.165) is 16.3 Å². The van der Waals surface area contributed by atoms with Crippen LogP contribution >= 0.6 is 11.8 Å². The molecule has 0 saturated heterocycles. The lowest BCUT2D eigenvalue weighted by Crippen LogP contribution is -2.35. The van der Waals surface area contributed by atoms with Gasteiger partial charge in [0.1, 0.15) is 5.56 Å². The number of ether oxygens (including phenoxy) is 2. The van der Waals surface area contributed by atoms with Gasteiger partial charge in [0.25, 0.3) is 11.6 Å². The zero-order valence-electron chi connectivity index (χ0n) is 14.4. The van der Waals surface area contributed by atoms with Gasteiger partial charge in [-0.2, -0.15) is 0 Å². The maximum Gasteiger partial charge on any atom is 0.286 e.